The predicted octanol–water partition coefficient (Wildman–Crippen LogP) is 4.10. The minimum atomic E-state index is -1.75. The third kappa shape index (κ3) is 1.86. The molecular weight excluding hydrogens is 526 g/mol. The lowest BCUT2D eigenvalue weighted by Gasteiger charge is -2.23. The highest BCUT2D eigenvalue weighted by Crippen LogP contribution is 2.39. The third-order valence-electron chi connectivity index (χ3n) is 4.04. The Morgan fingerprint density at radius 2 is 1.35 bits per heavy atom. The second-order valence-corrected chi connectivity index (χ2v) is 14.9. The molecule has 1 aliphatic rings. The zero-order valence-electron chi connectivity index (χ0n) is 10.6. The van der Waals surface area contributed by atoms with E-state index in [9.17, 15) is 0 Å². The van der Waals surface area contributed by atoms with Gasteiger partial charge in [-0.25, -0.2) is 0 Å². The van der Waals surface area contributed by atoms with Gasteiger partial charge in [-0.2, -0.15) is 0 Å². The number of halogens is 2. The van der Waals surface area contributed by atoms with Crippen molar-refractivity contribution in [3.05, 3.63) is 48.2 Å². The maximum atomic E-state index is 2.51. The average molecular weight is 536 g/mol. The molecule has 3 aromatic rings. The molecule has 0 saturated heterocycles. The number of benzene rings is 1. The lowest BCUT2D eigenvalue weighted by Crippen LogP contribution is -2.61. The van der Waals surface area contributed by atoms with Gasteiger partial charge in [0.1, 0.15) is 8.07 Å². The smallest absolute Gasteiger partial charge is 0.128 e. The molecule has 1 aromatic carbocycles. The van der Waals surface area contributed by atoms with Gasteiger partial charge in [0.05, 0.1) is 5.77 Å². The van der Waals surface area contributed by atoms with Crippen LogP contribution in [0.4, 0.5) is 0 Å². The van der Waals surface area contributed by atoms with Crippen LogP contribution in [0.3, 0.4) is 0 Å². The SMILES string of the molecule is C[Si]1(c2ccccc2)c2cc(I)sc2-c2sc(I)cc21. The first-order chi connectivity index (χ1) is 9.60. The monoisotopic (exact) mass is 536 g/mol. The molecule has 0 unspecified atom stereocenters. The summed E-state index contributed by atoms with van der Waals surface area (Å²) in [6, 6.07) is 16.0. The van der Waals surface area contributed by atoms with Crippen molar-refractivity contribution in [3.8, 4) is 9.75 Å². The summed E-state index contributed by atoms with van der Waals surface area (Å²) in [4.78, 5) is 3.07. The largest absolute Gasteiger partial charge is 0.149 e. The van der Waals surface area contributed by atoms with Crippen molar-refractivity contribution < 1.29 is 0 Å². The lowest BCUT2D eigenvalue weighted by molar-refractivity contribution is 1.73. The van der Waals surface area contributed by atoms with Crippen molar-refractivity contribution in [1.29, 1.82) is 0 Å². The molecule has 20 heavy (non-hydrogen) atoms. The molecule has 0 saturated carbocycles. The van der Waals surface area contributed by atoms with Gasteiger partial charge in [0.2, 0.25) is 0 Å². The van der Waals surface area contributed by atoms with Crippen LogP contribution in [-0.2, 0) is 0 Å². The van der Waals surface area contributed by atoms with Crippen LogP contribution in [0.15, 0.2) is 42.5 Å². The first-order valence-corrected chi connectivity index (χ1v) is 12.6. The summed E-state index contributed by atoms with van der Waals surface area (Å²) in [7, 11) is -1.75. The molecule has 100 valence electrons. The molecule has 0 fully saturated rings. The number of hydrogen-bond donors (Lipinski definition) is 0. The van der Waals surface area contributed by atoms with Crippen molar-refractivity contribution in [1.82, 2.24) is 0 Å². The van der Waals surface area contributed by atoms with Crippen molar-refractivity contribution in [2.45, 2.75) is 6.55 Å². The number of hydrogen-bond acceptors (Lipinski definition) is 2. The molecule has 5 heteroatoms. The van der Waals surface area contributed by atoms with Crippen LogP contribution < -0.4 is 15.6 Å². The summed E-state index contributed by atoms with van der Waals surface area (Å²) in [5.41, 5.74) is 0. The molecule has 2 aromatic heterocycles. The van der Waals surface area contributed by atoms with Crippen molar-refractivity contribution >= 4 is 91.5 Å². The van der Waals surface area contributed by atoms with E-state index in [1.54, 1.807) is 10.4 Å². The molecule has 1 aliphatic heterocycles. The van der Waals surface area contributed by atoms with Crippen LogP contribution in [0.5, 0.6) is 0 Å². The van der Waals surface area contributed by atoms with Crippen LogP contribution in [0.2, 0.25) is 6.55 Å². The van der Waals surface area contributed by atoms with E-state index in [-0.39, 0.29) is 0 Å². The van der Waals surface area contributed by atoms with Crippen LogP contribution in [0.25, 0.3) is 9.75 Å². The first kappa shape index (κ1) is 13.9. The van der Waals surface area contributed by atoms with Gasteiger partial charge in [-0.15, -0.1) is 22.7 Å². The standard InChI is InChI=1S/C15H10I2S2Si/c1-20(9-5-3-2-4-6-9)10-7-12(16)18-14(10)15-11(20)8-13(17)19-15/h2-8H,1H3. The first-order valence-electron chi connectivity index (χ1n) is 6.26. The Balaban J connectivity index is 2.08. The molecule has 0 spiro atoms. The fraction of sp³-hybridized carbons (Fsp3) is 0.0667. The fourth-order valence-electron chi connectivity index (χ4n) is 3.03. The minimum Gasteiger partial charge on any atom is -0.128 e. The zero-order chi connectivity index (χ0) is 13.9. The normalized spacial score (nSPS) is 15.2. The van der Waals surface area contributed by atoms with E-state index in [4.69, 9.17) is 0 Å². The zero-order valence-corrected chi connectivity index (χ0v) is 17.6. The quantitative estimate of drug-likeness (QED) is 0.325. The Hall–Kier alpha value is 0.297. The van der Waals surface area contributed by atoms with Gasteiger partial charge >= 0.3 is 0 Å². The summed E-state index contributed by atoms with van der Waals surface area (Å²) in [5.74, 6) is 0. The van der Waals surface area contributed by atoms with E-state index in [1.807, 2.05) is 22.7 Å². The predicted molar refractivity (Wildman–Crippen MR) is 110 cm³/mol. The van der Waals surface area contributed by atoms with Gasteiger partial charge in [0, 0.05) is 9.75 Å². The molecule has 0 amide bonds. The van der Waals surface area contributed by atoms with Crippen molar-refractivity contribution in [2.75, 3.05) is 0 Å². The van der Waals surface area contributed by atoms with E-state index < -0.39 is 8.07 Å². The van der Waals surface area contributed by atoms with Crippen LogP contribution in [0, 0.1) is 5.77 Å². The molecule has 0 nitrogen and oxygen atoms in total. The van der Waals surface area contributed by atoms with Crippen LogP contribution in [-0.4, -0.2) is 8.07 Å². The molecular formula is C15H10I2S2Si. The minimum absolute atomic E-state index is 1.41. The Morgan fingerprint density at radius 3 is 1.85 bits per heavy atom. The van der Waals surface area contributed by atoms with Gasteiger partial charge in [-0.05, 0) is 72.9 Å². The number of rotatable bonds is 1. The Morgan fingerprint density at radius 1 is 0.850 bits per heavy atom. The summed E-state index contributed by atoms with van der Waals surface area (Å²) in [6.45, 7) is 2.51. The maximum Gasteiger partial charge on any atom is 0.149 e. The van der Waals surface area contributed by atoms with Crippen molar-refractivity contribution in [3.63, 3.8) is 0 Å². The second kappa shape index (κ2) is 4.90. The van der Waals surface area contributed by atoms with E-state index in [0.29, 0.717) is 0 Å². The topological polar surface area (TPSA) is 0 Å². The average Bonchev–Trinajstić information content (AvgIpc) is 3.06. The molecule has 4 rings (SSSR count). The van der Waals surface area contributed by atoms with Crippen LogP contribution >= 0.6 is 67.9 Å². The lowest BCUT2D eigenvalue weighted by atomic mass is 10.4. The maximum absolute atomic E-state index is 2.51. The fourth-order valence-corrected chi connectivity index (χ4v) is 13.0. The van der Waals surface area contributed by atoms with Gasteiger partial charge in [-0.1, -0.05) is 36.9 Å². The summed E-state index contributed by atoms with van der Waals surface area (Å²) in [6.07, 6.45) is 0. The molecule has 3 heterocycles. The van der Waals surface area contributed by atoms with Gasteiger partial charge in [-0.3, -0.25) is 0 Å². The van der Waals surface area contributed by atoms with Gasteiger partial charge in [0.25, 0.3) is 0 Å². The Bertz CT molecular complexity index is 758. The summed E-state index contributed by atoms with van der Waals surface area (Å²) < 4.78 is 2.83. The number of fused-ring (bicyclic) bond motifs is 3. The molecule has 0 radical (unpaired) electrons. The van der Waals surface area contributed by atoms with Gasteiger partial charge < -0.3 is 0 Å². The highest BCUT2D eigenvalue weighted by Gasteiger charge is 2.45. The van der Waals surface area contributed by atoms with Gasteiger partial charge in [0.15, 0.2) is 0 Å². The van der Waals surface area contributed by atoms with E-state index in [0.717, 1.165) is 0 Å². The highest BCUT2D eigenvalue weighted by molar-refractivity contribution is 14.1. The highest BCUT2D eigenvalue weighted by atomic mass is 127. The summed E-state index contributed by atoms with van der Waals surface area (Å²) >= 11 is 8.85. The van der Waals surface area contributed by atoms with E-state index in [2.05, 4.69) is 94.2 Å². The van der Waals surface area contributed by atoms with E-state index >= 15 is 0 Å². The van der Waals surface area contributed by atoms with Crippen molar-refractivity contribution in [2.24, 2.45) is 0 Å². The Kier molecular flexibility index (Phi) is 3.41. The molecule has 0 atom stereocenters. The molecule has 0 aliphatic carbocycles. The van der Waals surface area contributed by atoms with E-state index in [1.165, 1.54) is 20.7 Å². The third-order valence-corrected chi connectivity index (χ3v) is 12.8. The van der Waals surface area contributed by atoms with Crippen LogP contribution in [0.1, 0.15) is 0 Å². The molecule has 0 bridgehead atoms. The number of thiophene rings is 2. The summed E-state index contributed by atoms with van der Waals surface area (Å²) in [5, 5.41) is 4.77. The Labute approximate surface area is 154 Å². The second-order valence-electron chi connectivity index (χ2n) is 5.08. The molecule has 0 N–H and O–H groups in total.